The van der Waals surface area contributed by atoms with E-state index >= 15 is 4.39 Å². The van der Waals surface area contributed by atoms with Crippen molar-refractivity contribution in [3.8, 4) is 5.75 Å². The first kappa shape index (κ1) is 23.2. The summed E-state index contributed by atoms with van der Waals surface area (Å²) < 4.78 is 31.5. The summed E-state index contributed by atoms with van der Waals surface area (Å²) in [4.78, 5) is 0. The number of hydrogen-bond donors (Lipinski definition) is 1. The maximum atomic E-state index is 15.2. The fourth-order valence-electron chi connectivity index (χ4n) is 4.44. The van der Waals surface area contributed by atoms with Crippen molar-refractivity contribution in [2.45, 2.75) is 38.3 Å². The van der Waals surface area contributed by atoms with Crippen LogP contribution in [0.4, 0.5) is 4.39 Å². The Hall–Kier alpha value is -1.99. The summed E-state index contributed by atoms with van der Waals surface area (Å²) in [6.07, 6.45) is 2.41. The molecule has 6 heteroatoms. The minimum atomic E-state index is -0.237. The standard InChI is InChI=1S/C26H29BrFNO3/c1-17(21-9-5-7-18-6-3-4-8-22(18)21)29-20-11-10-19-14-24(32-16-31-13-12-30-2)25(27)26(28)23(19)15-20/h3-9,14,17,20,29H,10-13,15-16H2,1-2H3/t17?,20-/m1/s1. The van der Waals surface area contributed by atoms with E-state index in [0.717, 1.165) is 24.0 Å². The number of benzene rings is 3. The Kier molecular flexibility index (Phi) is 7.79. The van der Waals surface area contributed by atoms with Crippen LogP contribution in [-0.2, 0) is 22.3 Å². The van der Waals surface area contributed by atoms with E-state index in [9.17, 15) is 0 Å². The van der Waals surface area contributed by atoms with Gasteiger partial charge in [0.15, 0.2) is 6.79 Å². The van der Waals surface area contributed by atoms with Crippen molar-refractivity contribution in [1.82, 2.24) is 5.32 Å². The first-order valence-electron chi connectivity index (χ1n) is 11.0. The van der Waals surface area contributed by atoms with Gasteiger partial charge in [-0.1, -0.05) is 42.5 Å². The topological polar surface area (TPSA) is 39.7 Å². The van der Waals surface area contributed by atoms with Crippen LogP contribution in [-0.4, -0.2) is 33.2 Å². The maximum absolute atomic E-state index is 15.2. The Bertz CT molecular complexity index is 1070. The van der Waals surface area contributed by atoms with Gasteiger partial charge in [-0.15, -0.1) is 0 Å². The molecule has 4 nitrogen and oxygen atoms in total. The number of hydrogen-bond acceptors (Lipinski definition) is 4. The predicted octanol–water partition coefficient (Wildman–Crippen LogP) is 5.95. The van der Waals surface area contributed by atoms with E-state index < -0.39 is 0 Å². The average Bonchev–Trinajstić information content (AvgIpc) is 2.82. The molecule has 32 heavy (non-hydrogen) atoms. The van der Waals surface area contributed by atoms with Gasteiger partial charge in [-0.25, -0.2) is 4.39 Å². The lowest BCUT2D eigenvalue weighted by molar-refractivity contribution is -0.00899. The molecule has 2 atom stereocenters. The molecule has 3 aromatic carbocycles. The fourth-order valence-corrected chi connectivity index (χ4v) is 4.91. The number of ether oxygens (including phenoxy) is 3. The Balaban J connectivity index is 1.44. The highest BCUT2D eigenvalue weighted by atomic mass is 79.9. The number of methoxy groups -OCH3 is 1. The quantitative estimate of drug-likeness (QED) is 0.290. The number of nitrogens with one attached hydrogen (secondary N) is 1. The summed E-state index contributed by atoms with van der Waals surface area (Å²) in [5.41, 5.74) is 3.04. The first-order chi connectivity index (χ1) is 15.6. The van der Waals surface area contributed by atoms with Crippen LogP contribution < -0.4 is 10.1 Å². The summed E-state index contributed by atoms with van der Waals surface area (Å²) in [7, 11) is 1.62. The lowest BCUT2D eigenvalue weighted by Crippen LogP contribution is -2.36. The van der Waals surface area contributed by atoms with Crippen LogP contribution in [0.1, 0.15) is 36.1 Å². The highest BCUT2D eigenvalue weighted by molar-refractivity contribution is 9.10. The normalized spacial score (nSPS) is 16.7. The van der Waals surface area contributed by atoms with Crippen LogP contribution in [0.2, 0.25) is 0 Å². The second-order valence-corrected chi connectivity index (χ2v) is 8.99. The largest absolute Gasteiger partial charge is 0.466 e. The Morgan fingerprint density at radius 3 is 2.81 bits per heavy atom. The molecule has 4 rings (SSSR count). The van der Waals surface area contributed by atoms with E-state index in [0.29, 0.717) is 29.9 Å². The lowest BCUT2D eigenvalue weighted by atomic mass is 9.87. The monoisotopic (exact) mass is 501 g/mol. The maximum Gasteiger partial charge on any atom is 0.189 e. The van der Waals surface area contributed by atoms with Crippen molar-refractivity contribution < 1.29 is 18.6 Å². The molecule has 0 aliphatic heterocycles. The van der Waals surface area contributed by atoms with Gasteiger partial charge in [0.25, 0.3) is 0 Å². The molecular weight excluding hydrogens is 473 g/mol. The van der Waals surface area contributed by atoms with Gasteiger partial charge in [0, 0.05) is 19.2 Å². The summed E-state index contributed by atoms with van der Waals surface area (Å²) >= 11 is 3.38. The Labute approximate surface area is 197 Å². The Morgan fingerprint density at radius 1 is 1.16 bits per heavy atom. The minimum Gasteiger partial charge on any atom is -0.466 e. The van der Waals surface area contributed by atoms with Crippen LogP contribution in [0.5, 0.6) is 5.75 Å². The van der Waals surface area contributed by atoms with Crippen molar-refractivity contribution in [3.05, 3.63) is 75.5 Å². The molecule has 3 aromatic rings. The summed E-state index contributed by atoms with van der Waals surface area (Å²) in [6, 6.07) is 17.2. The zero-order chi connectivity index (χ0) is 22.5. The highest BCUT2D eigenvalue weighted by Gasteiger charge is 2.26. The molecule has 0 amide bonds. The van der Waals surface area contributed by atoms with Gasteiger partial charge in [-0.05, 0) is 75.6 Å². The zero-order valence-electron chi connectivity index (χ0n) is 18.5. The average molecular weight is 502 g/mol. The molecule has 0 radical (unpaired) electrons. The van der Waals surface area contributed by atoms with Gasteiger partial charge in [0.2, 0.25) is 0 Å². The molecule has 0 fully saturated rings. The van der Waals surface area contributed by atoms with E-state index in [1.54, 1.807) is 7.11 Å². The summed E-state index contributed by atoms with van der Waals surface area (Å²) in [5.74, 6) is 0.243. The van der Waals surface area contributed by atoms with Crippen molar-refractivity contribution in [2.75, 3.05) is 27.1 Å². The smallest absolute Gasteiger partial charge is 0.189 e. The van der Waals surface area contributed by atoms with Gasteiger partial charge in [-0.3, -0.25) is 0 Å². The molecule has 0 heterocycles. The van der Waals surface area contributed by atoms with Crippen molar-refractivity contribution in [3.63, 3.8) is 0 Å². The summed E-state index contributed by atoms with van der Waals surface area (Å²) in [6.45, 7) is 3.18. The Morgan fingerprint density at radius 2 is 1.97 bits per heavy atom. The third-order valence-corrected chi connectivity index (χ3v) is 6.82. The number of rotatable bonds is 9. The molecule has 0 spiro atoms. The van der Waals surface area contributed by atoms with E-state index in [1.165, 1.54) is 16.3 Å². The molecular formula is C26H29BrFNO3. The zero-order valence-corrected chi connectivity index (χ0v) is 20.1. The molecule has 170 valence electrons. The SMILES string of the molecule is COCCOCOc1cc2c(c(F)c1Br)C[C@H](NC(C)c1cccc3ccccc13)CC2. The molecule has 0 saturated carbocycles. The molecule has 1 aliphatic rings. The van der Waals surface area contributed by atoms with E-state index in [2.05, 4.69) is 70.6 Å². The van der Waals surface area contributed by atoms with Gasteiger partial charge in [-0.2, -0.15) is 0 Å². The molecule has 0 aromatic heterocycles. The van der Waals surface area contributed by atoms with Gasteiger partial charge < -0.3 is 19.5 Å². The molecule has 1 unspecified atom stereocenters. The van der Waals surface area contributed by atoms with E-state index in [-0.39, 0.29) is 24.7 Å². The van der Waals surface area contributed by atoms with Crippen molar-refractivity contribution in [1.29, 1.82) is 0 Å². The lowest BCUT2D eigenvalue weighted by Gasteiger charge is -2.30. The fraction of sp³-hybridized carbons (Fsp3) is 0.385. The van der Waals surface area contributed by atoms with Gasteiger partial charge >= 0.3 is 0 Å². The van der Waals surface area contributed by atoms with Gasteiger partial charge in [0.05, 0.1) is 17.7 Å². The predicted molar refractivity (Wildman–Crippen MR) is 129 cm³/mol. The highest BCUT2D eigenvalue weighted by Crippen LogP contribution is 2.37. The van der Waals surface area contributed by atoms with Gasteiger partial charge in [0.1, 0.15) is 11.6 Å². The first-order valence-corrected chi connectivity index (χ1v) is 11.8. The third kappa shape index (κ3) is 5.15. The minimum absolute atomic E-state index is 0.0624. The van der Waals surface area contributed by atoms with Crippen LogP contribution in [0.15, 0.2) is 53.0 Å². The third-order valence-electron chi connectivity index (χ3n) is 6.08. The van der Waals surface area contributed by atoms with Crippen molar-refractivity contribution >= 4 is 26.7 Å². The molecule has 0 saturated heterocycles. The van der Waals surface area contributed by atoms with Crippen LogP contribution in [0.3, 0.4) is 0 Å². The number of halogens is 2. The van der Waals surface area contributed by atoms with Crippen LogP contribution >= 0.6 is 15.9 Å². The summed E-state index contributed by atoms with van der Waals surface area (Å²) in [5, 5.41) is 6.23. The van der Waals surface area contributed by atoms with E-state index in [1.807, 2.05) is 6.07 Å². The second kappa shape index (κ2) is 10.8. The van der Waals surface area contributed by atoms with Crippen LogP contribution in [0.25, 0.3) is 10.8 Å². The van der Waals surface area contributed by atoms with E-state index in [4.69, 9.17) is 14.2 Å². The molecule has 1 aliphatic carbocycles. The van der Waals surface area contributed by atoms with Crippen LogP contribution in [0, 0.1) is 5.82 Å². The van der Waals surface area contributed by atoms with Crippen molar-refractivity contribution in [2.24, 2.45) is 0 Å². The number of aryl methyl sites for hydroxylation is 1. The molecule has 1 N–H and O–H groups in total. The number of fused-ring (bicyclic) bond motifs is 2. The second-order valence-electron chi connectivity index (χ2n) is 8.20. The molecule has 0 bridgehead atoms.